The van der Waals surface area contributed by atoms with E-state index in [0.29, 0.717) is 0 Å². The highest BCUT2D eigenvalue weighted by atomic mass is 35.5. The third-order valence-corrected chi connectivity index (χ3v) is 1.05. The van der Waals surface area contributed by atoms with Gasteiger partial charge in [0.15, 0.2) is 0 Å². The van der Waals surface area contributed by atoms with Crippen molar-refractivity contribution in [3.8, 4) is 0 Å². The van der Waals surface area contributed by atoms with E-state index in [1.807, 2.05) is 0 Å². The van der Waals surface area contributed by atoms with Crippen LogP contribution >= 0.6 is 12.4 Å². The predicted octanol–water partition coefficient (Wildman–Crippen LogP) is 0.859. The molecule has 1 amide bonds. The van der Waals surface area contributed by atoms with Gasteiger partial charge in [0.1, 0.15) is 6.54 Å². The summed E-state index contributed by atoms with van der Waals surface area (Å²) in [6.07, 6.45) is -4.26. The van der Waals surface area contributed by atoms with Crippen LogP contribution in [0.15, 0.2) is 0 Å². The van der Waals surface area contributed by atoms with Gasteiger partial charge in [-0.2, -0.15) is 13.2 Å². The summed E-state index contributed by atoms with van der Waals surface area (Å²) in [5, 5.41) is 9.92. The minimum Gasteiger partial charge on any atom is -0.396 e. The lowest BCUT2D eigenvalue weighted by molar-refractivity contribution is -0.138. The van der Waals surface area contributed by atoms with E-state index in [1.54, 1.807) is 5.32 Å². The van der Waals surface area contributed by atoms with E-state index < -0.39 is 18.6 Å². The van der Waals surface area contributed by atoms with Gasteiger partial charge in [-0.05, 0) is 6.42 Å². The van der Waals surface area contributed by atoms with Gasteiger partial charge in [-0.15, -0.1) is 12.4 Å². The second kappa shape index (κ2) is 6.97. The Balaban J connectivity index is 0. The standard InChI is InChI=1S/C6H10F3NO2.ClH/c7-6(8,9)4-10-5(12)2-1-3-11;/h11H,1-4H2,(H,10,12);1H. The largest absolute Gasteiger partial charge is 0.405 e. The topological polar surface area (TPSA) is 49.3 Å². The van der Waals surface area contributed by atoms with Gasteiger partial charge in [-0.3, -0.25) is 4.79 Å². The molecule has 80 valence electrons. The smallest absolute Gasteiger partial charge is 0.396 e. The molecule has 0 aliphatic carbocycles. The molecule has 0 saturated carbocycles. The molecule has 7 heteroatoms. The van der Waals surface area contributed by atoms with Crippen LogP contribution in [-0.2, 0) is 4.79 Å². The van der Waals surface area contributed by atoms with Gasteiger partial charge in [-0.1, -0.05) is 0 Å². The zero-order chi connectivity index (χ0) is 9.61. The fraction of sp³-hybridized carbons (Fsp3) is 0.833. The summed E-state index contributed by atoms with van der Waals surface area (Å²) < 4.78 is 34.4. The first-order valence-corrected chi connectivity index (χ1v) is 3.40. The van der Waals surface area contributed by atoms with Crippen LogP contribution in [0.4, 0.5) is 13.2 Å². The van der Waals surface area contributed by atoms with Crippen LogP contribution < -0.4 is 5.32 Å². The Morgan fingerprint density at radius 2 is 1.92 bits per heavy atom. The number of aliphatic hydroxyl groups excluding tert-OH is 1. The minimum absolute atomic E-state index is 0. The van der Waals surface area contributed by atoms with Crippen LogP contribution in [0, 0.1) is 0 Å². The lowest BCUT2D eigenvalue weighted by atomic mass is 10.3. The molecule has 0 radical (unpaired) electrons. The molecule has 0 atom stereocenters. The molecule has 0 aliphatic rings. The molecule has 3 nitrogen and oxygen atoms in total. The van der Waals surface area contributed by atoms with Crippen LogP contribution in [0.2, 0.25) is 0 Å². The lowest BCUT2D eigenvalue weighted by Crippen LogP contribution is -2.33. The molecular weight excluding hydrogens is 211 g/mol. The number of halogens is 4. The summed E-state index contributed by atoms with van der Waals surface area (Å²) in [5.41, 5.74) is 0. The lowest BCUT2D eigenvalue weighted by Gasteiger charge is -2.07. The monoisotopic (exact) mass is 221 g/mol. The van der Waals surface area contributed by atoms with Gasteiger partial charge < -0.3 is 10.4 Å². The molecule has 0 saturated heterocycles. The second-order valence-corrected chi connectivity index (χ2v) is 2.22. The van der Waals surface area contributed by atoms with E-state index in [4.69, 9.17) is 5.11 Å². The van der Waals surface area contributed by atoms with Crippen molar-refractivity contribution in [1.29, 1.82) is 0 Å². The van der Waals surface area contributed by atoms with Gasteiger partial charge in [0, 0.05) is 13.0 Å². The summed E-state index contributed by atoms with van der Waals surface area (Å²) >= 11 is 0. The third kappa shape index (κ3) is 11.5. The van der Waals surface area contributed by atoms with Crippen molar-refractivity contribution >= 4 is 18.3 Å². The van der Waals surface area contributed by atoms with Crippen molar-refractivity contribution in [3.63, 3.8) is 0 Å². The SMILES string of the molecule is Cl.O=C(CCCO)NCC(F)(F)F. The quantitative estimate of drug-likeness (QED) is 0.740. The van der Waals surface area contributed by atoms with Gasteiger partial charge in [0.25, 0.3) is 0 Å². The van der Waals surface area contributed by atoms with E-state index in [-0.39, 0.29) is 31.9 Å². The Morgan fingerprint density at radius 1 is 1.38 bits per heavy atom. The van der Waals surface area contributed by atoms with Crippen molar-refractivity contribution < 1.29 is 23.1 Å². The molecule has 0 spiro atoms. The molecule has 0 aromatic heterocycles. The molecule has 0 unspecified atom stereocenters. The Labute approximate surface area is 79.7 Å². The second-order valence-electron chi connectivity index (χ2n) is 2.22. The van der Waals surface area contributed by atoms with Gasteiger partial charge in [0.05, 0.1) is 0 Å². The van der Waals surface area contributed by atoms with Gasteiger partial charge in [-0.25, -0.2) is 0 Å². The number of alkyl halides is 3. The fourth-order valence-electron chi connectivity index (χ4n) is 0.527. The van der Waals surface area contributed by atoms with Crippen molar-refractivity contribution in [2.45, 2.75) is 19.0 Å². The third-order valence-electron chi connectivity index (χ3n) is 1.05. The highest BCUT2D eigenvalue weighted by molar-refractivity contribution is 5.85. The van der Waals surface area contributed by atoms with E-state index in [2.05, 4.69) is 0 Å². The van der Waals surface area contributed by atoms with E-state index >= 15 is 0 Å². The molecule has 13 heavy (non-hydrogen) atoms. The molecule has 0 aromatic carbocycles. The number of carbonyl (C=O) groups excluding carboxylic acids is 1. The molecule has 2 N–H and O–H groups in total. The first kappa shape index (κ1) is 15.0. The zero-order valence-corrected chi connectivity index (χ0v) is 7.54. The van der Waals surface area contributed by atoms with Crippen molar-refractivity contribution in [2.75, 3.05) is 13.2 Å². The number of hydrogen-bond donors (Lipinski definition) is 2. The van der Waals surface area contributed by atoms with Crippen LogP contribution in [-0.4, -0.2) is 30.3 Å². The molecule has 0 rings (SSSR count). The molecule has 0 aromatic rings. The van der Waals surface area contributed by atoms with Crippen LogP contribution in [0.1, 0.15) is 12.8 Å². The average molecular weight is 222 g/mol. The van der Waals surface area contributed by atoms with E-state index in [0.717, 1.165) is 0 Å². The average Bonchev–Trinajstić information content (AvgIpc) is 1.95. The first-order valence-electron chi connectivity index (χ1n) is 3.40. The number of hydrogen-bond acceptors (Lipinski definition) is 2. The Hall–Kier alpha value is -0.490. The number of nitrogens with one attached hydrogen (secondary N) is 1. The molecule has 0 bridgehead atoms. The summed E-state index contributed by atoms with van der Waals surface area (Å²) in [6, 6.07) is 0. The summed E-state index contributed by atoms with van der Waals surface area (Å²) in [4.78, 5) is 10.5. The number of aliphatic hydroxyl groups is 1. The number of carbonyl (C=O) groups is 1. The molecule has 0 heterocycles. The molecular formula is C6H11ClF3NO2. The van der Waals surface area contributed by atoms with Gasteiger partial charge >= 0.3 is 6.18 Å². The highest BCUT2D eigenvalue weighted by Gasteiger charge is 2.27. The van der Waals surface area contributed by atoms with Crippen molar-refractivity contribution in [1.82, 2.24) is 5.32 Å². The van der Waals surface area contributed by atoms with E-state index in [1.165, 1.54) is 0 Å². The summed E-state index contributed by atoms with van der Waals surface area (Å²) in [7, 11) is 0. The maximum absolute atomic E-state index is 11.5. The maximum atomic E-state index is 11.5. The first-order chi connectivity index (χ1) is 5.45. The minimum atomic E-state index is -4.37. The van der Waals surface area contributed by atoms with Crippen LogP contribution in [0.3, 0.4) is 0 Å². The van der Waals surface area contributed by atoms with Crippen LogP contribution in [0.25, 0.3) is 0 Å². The predicted molar refractivity (Wildman–Crippen MR) is 42.6 cm³/mol. The summed E-state index contributed by atoms with van der Waals surface area (Å²) in [6.45, 7) is -1.50. The Morgan fingerprint density at radius 3 is 2.31 bits per heavy atom. The molecule has 0 aliphatic heterocycles. The summed E-state index contributed by atoms with van der Waals surface area (Å²) in [5.74, 6) is -0.693. The Kier molecular flexibility index (Phi) is 8.04. The zero-order valence-electron chi connectivity index (χ0n) is 6.73. The van der Waals surface area contributed by atoms with E-state index in [9.17, 15) is 18.0 Å². The van der Waals surface area contributed by atoms with Crippen LogP contribution in [0.5, 0.6) is 0 Å². The number of amides is 1. The highest BCUT2D eigenvalue weighted by Crippen LogP contribution is 2.12. The van der Waals surface area contributed by atoms with Crippen molar-refractivity contribution in [3.05, 3.63) is 0 Å². The fourth-order valence-corrected chi connectivity index (χ4v) is 0.527. The maximum Gasteiger partial charge on any atom is 0.405 e. The van der Waals surface area contributed by atoms with Crippen molar-refractivity contribution in [2.24, 2.45) is 0 Å². The molecule has 0 fully saturated rings. The Bertz CT molecular complexity index is 151. The van der Waals surface area contributed by atoms with Gasteiger partial charge in [0.2, 0.25) is 5.91 Å². The number of rotatable bonds is 4. The normalized spacial score (nSPS) is 10.5.